The average Bonchev–Trinajstić information content (AvgIpc) is 2.78. The molecule has 0 bridgehead atoms. The normalized spacial score (nSPS) is 25.7. The van der Waals surface area contributed by atoms with Gasteiger partial charge < -0.3 is 9.73 Å². The highest BCUT2D eigenvalue weighted by Crippen LogP contribution is 2.36. The standard InChI is InChI=1S/C15H25NO/c1-4-13(14-8-6-10-17-14)16-12-7-5-9-15(2,3)11-12/h6,8,10,12-13,16H,4-5,7,9,11H2,1-3H3. The largest absolute Gasteiger partial charge is 0.468 e. The summed E-state index contributed by atoms with van der Waals surface area (Å²) >= 11 is 0. The molecular formula is C15H25NO. The first-order chi connectivity index (χ1) is 8.11. The van der Waals surface area contributed by atoms with Crippen LogP contribution in [0.5, 0.6) is 0 Å². The van der Waals surface area contributed by atoms with Gasteiger partial charge in [-0.05, 0) is 43.2 Å². The summed E-state index contributed by atoms with van der Waals surface area (Å²) in [7, 11) is 0. The molecule has 1 aromatic heterocycles. The molecule has 1 aliphatic carbocycles. The fourth-order valence-electron chi connectivity index (χ4n) is 3.02. The van der Waals surface area contributed by atoms with Crippen LogP contribution in [0.25, 0.3) is 0 Å². The maximum absolute atomic E-state index is 5.52. The highest BCUT2D eigenvalue weighted by atomic mass is 16.3. The van der Waals surface area contributed by atoms with Gasteiger partial charge in [0, 0.05) is 6.04 Å². The highest BCUT2D eigenvalue weighted by molar-refractivity contribution is 5.04. The number of rotatable bonds is 4. The van der Waals surface area contributed by atoms with Crippen molar-refractivity contribution in [2.75, 3.05) is 0 Å². The summed E-state index contributed by atoms with van der Waals surface area (Å²) in [6.45, 7) is 6.98. The predicted molar refractivity (Wildman–Crippen MR) is 70.9 cm³/mol. The predicted octanol–water partition coefficient (Wildman–Crippen LogP) is 4.29. The van der Waals surface area contributed by atoms with Crippen LogP contribution in [0.2, 0.25) is 0 Å². The maximum atomic E-state index is 5.52. The van der Waals surface area contributed by atoms with Gasteiger partial charge in [0.25, 0.3) is 0 Å². The van der Waals surface area contributed by atoms with E-state index in [2.05, 4.69) is 32.2 Å². The van der Waals surface area contributed by atoms with E-state index < -0.39 is 0 Å². The molecule has 2 atom stereocenters. The number of furan rings is 1. The van der Waals surface area contributed by atoms with Crippen LogP contribution in [0.1, 0.15) is 64.7 Å². The lowest BCUT2D eigenvalue weighted by atomic mass is 9.75. The van der Waals surface area contributed by atoms with E-state index >= 15 is 0 Å². The van der Waals surface area contributed by atoms with Gasteiger partial charge in [0.05, 0.1) is 12.3 Å². The monoisotopic (exact) mass is 235 g/mol. The third kappa shape index (κ3) is 3.35. The first kappa shape index (κ1) is 12.7. The molecule has 0 saturated heterocycles. The lowest BCUT2D eigenvalue weighted by molar-refractivity contribution is 0.184. The van der Waals surface area contributed by atoms with Crippen LogP contribution in [0, 0.1) is 5.41 Å². The Hall–Kier alpha value is -0.760. The van der Waals surface area contributed by atoms with Gasteiger partial charge in [-0.15, -0.1) is 0 Å². The number of hydrogen-bond acceptors (Lipinski definition) is 2. The molecule has 17 heavy (non-hydrogen) atoms. The van der Waals surface area contributed by atoms with E-state index in [1.165, 1.54) is 25.7 Å². The summed E-state index contributed by atoms with van der Waals surface area (Å²) in [6.07, 6.45) is 8.15. The van der Waals surface area contributed by atoms with Gasteiger partial charge >= 0.3 is 0 Å². The minimum Gasteiger partial charge on any atom is -0.468 e. The van der Waals surface area contributed by atoms with Gasteiger partial charge in [-0.3, -0.25) is 0 Å². The van der Waals surface area contributed by atoms with Crippen LogP contribution in [-0.4, -0.2) is 6.04 Å². The van der Waals surface area contributed by atoms with E-state index in [-0.39, 0.29) is 0 Å². The molecule has 0 spiro atoms. The Bertz CT molecular complexity index is 329. The molecule has 0 aromatic carbocycles. The van der Waals surface area contributed by atoms with Crippen molar-refractivity contribution in [2.45, 2.75) is 65.0 Å². The molecule has 1 aromatic rings. The van der Waals surface area contributed by atoms with Gasteiger partial charge in [-0.2, -0.15) is 0 Å². The molecule has 1 aliphatic rings. The van der Waals surface area contributed by atoms with Crippen molar-refractivity contribution in [3.05, 3.63) is 24.2 Å². The topological polar surface area (TPSA) is 25.2 Å². The van der Waals surface area contributed by atoms with Crippen molar-refractivity contribution in [2.24, 2.45) is 5.41 Å². The lowest BCUT2D eigenvalue weighted by Crippen LogP contribution is -2.39. The minimum atomic E-state index is 0.379. The van der Waals surface area contributed by atoms with Gasteiger partial charge in [-0.25, -0.2) is 0 Å². The van der Waals surface area contributed by atoms with E-state index in [4.69, 9.17) is 4.42 Å². The zero-order valence-corrected chi connectivity index (χ0v) is 11.3. The van der Waals surface area contributed by atoms with E-state index in [1.807, 2.05) is 6.07 Å². The molecule has 0 aliphatic heterocycles. The van der Waals surface area contributed by atoms with Crippen molar-refractivity contribution >= 4 is 0 Å². The Morgan fingerprint density at radius 3 is 2.94 bits per heavy atom. The summed E-state index contributed by atoms with van der Waals surface area (Å²) in [5.41, 5.74) is 0.497. The molecule has 0 amide bonds. The molecule has 1 heterocycles. The van der Waals surface area contributed by atoms with Crippen molar-refractivity contribution in [3.8, 4) is 0 Å². The molecule has 2 rings (SSSR count). The Balaban J connectivity index is 1.95. The lowest BCUT2D eigenvalue weighted by Gasteiger charge is -2.37. The minimum absolute atomic E-state index is 0.379. The Morgan fingerprint density at radius 2 is 2.35 bits per heavy atom. The Labute approximate surface area is 105 Å². The smallest absolute Gasteiger partial charge is 0.120 e. The Morgan fingerprint density at radius 1 is 1.53 bits per heavy atom. The van der Waals surface area contributed by atoms with Crippen LogP contribution in [0.3, 0.4) is 0 Å². The van der Waals surface area contributed by atoms with Crippen LogP contribution in [-0.2, 0) is 0 Å². The van der Waals surface area contributed by atoms with E-state index in [0.29, 0.717) is 17.5 Å². The fourth-order valence-corrected chi connectivity index (χ4v) is 3.02. The molecule has 1 fully saturated rings. The molecule has 2 nitrogen and oxygen atoms in total. The highest BCUT2D eigenvalue weighted by Gasteiger charge is 2.29. The second-order valence-corrected chi connectivity index (χ2v) is 6.10. The zero-order chi connectivity index (χ0) is 12.3. The summed E-state index contributed by atoms with van der Waals surface area (Å²) in [4.78, 5) is 0. The third-order valence-corrected chi connectivity index (χ3v) is 3.94. The van der Waals surface area contributed by atoms with E-state index in [0.717, 1.165) is 12.2 Å². The molecule has 2 heteroatoms. The van der Waals surface area contributed by atoms with Gasteiger partial charge in [-0.1, -0.05) is 27.2 Å². The molecule has 0 radical (unpaired) electrons. The second-order valence-electron chi connectivity index (χ2n) is 6.10. The fraction of sp³-hybridized carbons (Fsp3) is 0.733. The molecule has 2 unspecified atom stereocenters. The molecule has 1 saturated carbocycles. The number of hydrogen-bond donors (Lipinski definition) is 1. The van der Waals surface area contributed by atoms with E-state index in [1.54, 1.807) is 6.26 Å². The van der Waals surface area contributed by atoms with Crippen molar-refractivity contribution in [1.82, 2.24) is 5.32 Å². The average molecular weight is 235 g/mol. The van der Waals surface area contributed by atoms with Crippen LogP contribution in [0.15, 0.2) is 22.8 Å². The summed E-state index contributed by atoms with van der Waals surface area (Å²) < 4.78 is 5.52. The van der Waals surface area contributed by atoms with Crippen molar-refractivity contribution in [1.29, 1.82) is 0 Å². The van der Waals surface area contributed by atoms with Crippen LogP contribution < -0.4 is 5.32 Å². The summed E-state index contributed by atoms with van der Waals surface area (Å²) in [5, 5.41) is 3.77. The van der Waals surface area contributed by atoms with Crippen LogP contribution in [0.4, 0.5) is 0 Å². The SMILES string of the molecule is CCC(NC1CCCC(C)(C)C1)c1ccco1. The van der Waals surface area contributed by atoms with Crippen molar-refractivity contribution in [3.63, 3.8) is 0 Å². The summed E-state index contributed by atoms with van der Waals surface area (Å²) in [5.74, 6) is 1.08. The maximum Gasteiger partial charge on any atom is 0.120 e. The van der Waals surface area contributed by atoms with E-state index in [9.17, 15) is 0 Å². The van der Waals surface area contributed by atoms with Crippen molar-refractivity contribution < 1.29 is 4.42 Å². The molecule has 1 N–H and O–H groups in total. The third-order valence-electron chi connectivity index (χ3n) is 3.94. The first-order valence-electron chi connectivity index (χ1n) is 6.90. The number of nitrogens with one attached hydrogen (secondary N) is 1. The molecular weight excluding hydrogens is 210 g/mol. The molecule has 96 valence electrons. The first-order valence-corrected chi connectivity index (χ1v) is 6.90. The summed E-state index contributed by atoms with van der Waals surface area (Å²) in [6, 6.07) is 5.08. The van der Waals surface area contributed by atoms with Crippen LogP contribution >= 0.6 is 0 Å². The van der Waals surface area contributed by atoms with Gasteiger partial charge in [0.1, 0.15) is 5.76 Å². The van der Waals surface area contributed by atoms with Gasteiger partial charge in [0.15, 0.2) is 0 Å². The quantitative estimate of drug-likeness (QED) is 0.842. The second kappa shape index (κ2) is 5.26. The Kier molecular flexibility index (Phi) is 3.93. The van der Waals surface area contributed by atoms with Gasteiger partial charge in [0.2, 0.25) is 0 Å². The zero-order valence-electron chi connectivity index (χ0n) is 11.3.